The number of carbonyl (C=O) groups is 2. The van der Waals surface area contributed by atoms with E-state index in [1.54, 1.807) is 9.58 Å². The second-order valence-corrected chi connectivity index (χ2v) is 8.66. The van der Waals surface area contributed by atoms with Gasteiger partial charge in [-0.05, 0) is 38.7 Å². The third-order valence-electron chi connectivity index (χ3n) is 6.40. The second-order valence-electron chi connectivity index (χ2n) is 8.66. The number of amides is 2. The number of benzene rings is 1. The third kappa shape index (κ3) is 4.63. The Kier molecular flexibility index (Phi) is 6.36. The normalized spacial score (nSPS) is 20.2. The van der Waals surface area contributed by atoms with Gasteiger partial charge in [0.25, 0.3) is 5.91 Å². The first kappa shape index (κ1) is 21.5. The number of rotatable bonds is 5. The average molecular weight is 426 g/mol. The van der Waals surface area contributed by atoms with Crippen LogP contribution in [0.5, 0.6) is 0 Å². The Labute approximate surface area is 182 Å². The number of fused-ring (bicyclic) bond motifs is 1. The van der Waals surface area contributed by atoms with Gasteiger partial charge in [-0.3, -0.25) is 9.59 Å². The van der Waals surface area contributed by atoms with Gasteiger partial charge in [0.05, 0.1) is 18.8 Å². The topological polar surface area (TPSA) is 89.4 Å². The fraction of sp³-hybridized carbons (Fsp3) is 0.565. The van der Waals surface area contributed by atoms with Crippen LogP contribution in [0.25, 0.3) is 0 Å². The zero-order valence-electron chi connectivity index (χ0n) is 18.5. The van der Waals surface area contributed by atoms with Gasteiger partial charge in [0.1, 0.15) is 6.10 Å². The van der Waals surface area contributed by atoms with Gasteiger partial charge < -0.3 is 15.0 Å². The van der Waals surface area contributed by atoms with Crippen molar-refractivity contribution in [3.8, 4) is 0 Å². The first-order valence-electron chi connectivity index (χ1n) is 11.2. The van der Waals surface area contributed by atoms with Gasteiger partial charge in [0.15, 0.2) is 5.69 Å². The van der Waals surface area contributed by atoms with Crippen LogP contribution in [-0.2, 0) is 22.7 Å². The van der Waals surface area contributed by atoms with Gasteiger partial charge in [0, 0.05) is 25.0 Å². The van der Waals surface area contributed by atoms with Crippen molar-refractivity contribution in [1.82, 2.24) is 25.2 Å². The molecule has 2 amide bonds. The Bertz CT molecular complexity index is 931. The molecule has 4 rings (SSSR count). The van der Waals surface area contributed by atoms with Crippen molar-refractivity contribution in [3.05, 3.63) is 46.8 Å². The minimum atomic E-state index is -0.126. The summed E-state index contributed by atoms with van der Waals surface area (Å²) in [5, 5.41) is 11.5. The van der Waals surface area contributed by atoms with Crippen LogP contribution in [0.1, 0.15) is 66.5 Å². The number of likely N-dealkylation sites (tertiary alicyclic amines) is 1. The number of piperidine rings is 1. The summed E-state index contributed by atoms with van der Waals surface area (Å²) >= 11 is 0. The van der Waals surface area contributed by atoms with Gasteiger partial charge in [-0.15, -0.1) is 5.10 Å². The molecule has 0 spiro atoms. The molecule has 1 aromatic carbocycles. The largest absolute Gasteiger partial charge is 0.365 e. The Morgan fingerprint density at radius 2 is 1.94 bits per heavy atom. The Morgan fingerprint density at radius 1 is 1.23 bits per heavy atom. The quantitative estimate of drug-likeness (QED) is 0.795. The summed E-state index contributed by atoms with van der Waals surface area (Å²) in [7, 11) is 0. The molecular formula is C23H31N5O3. The molecule has 1 N–H and O–H groups in total. The Hall–Kier alpha value is -2.74. The summed E-state index contributed by atoms with van der Waals surface area (Å²) in [5.41, 5.74) is 3.39. The van der Waals surface area contributed by atoms with Crippen LogP contribution in [0.4, 0.5) is 0 Å². The Morgan fingerprint density at radius 3 is 2.61 bits per heavy atom. The van der Waals surface area contributed by atoms with Crippen LogP contribution >= 0.6 is 0 Å². The number of hydrogen-bond acceptors (Lipinski definition) is 5. The molecular weight excluding hydrogens is 394 g/mol. The van der Waals surface area contributed by atoms with Crippen LogP contribution in [0, 0.1) is 12.8 Å². The maximum Gasteiger partial charge on any atom is 0.276 e. The van der Waals surface area contributed by atoms with Gasteiger partial charge in [-0.25, -0.2) is 4.68 Å². The van der Waals surface area contributed by atoms with E-state index in [0.717, 1.165) is 17.7 Å². The molecule has 0 saturated carbocycles. The fourth-order valence-electron chi connectivity index (χ4n) is 4.12. The van der Waals surface area contributed by atoms with Crippen molar-refractivity contribution < 1.29 is 14.3 Å². The number of aryl methyl sites for hydroxylation is 1. The van der Waals surface area contributed by atoms with Gasteiger partial charge in [0.2, 0.25) is 5.91 Å². The molecule has 2 aromatic rings. The molecule has 1 fully saturated rings. The summed E-state index contributed by atoms with van der Waals surface area (Å²) in [4.78, 5) is 27.2. The lowest BCUT2D eigenvalue weighted by atomic mass is 9.95. The van der Waals surface area contributed by atoms with Crippen molar-refractivity contribution in [3.63, 3.8) is 0 Å². The number of nitrogens with one attached hydrogen (secondary N) is 1. The van der Waals surface area contributed by atoms with E-state index in [0.29, 0.717) is 44.8 Å². The van der Waals surface area contributed by atoms with Crippen molar-refractivity contribution in [2.75, 3.05) is 13.1 Å². The molecule has 1 saturated heterocycles. The molecule has 2 atom stereocenters. The monoisotopic (exact) mass is 425 g/mol. The highest BCUT2D eigenvalue weighted by Crippen LogP contribution is 2.28. The molecule has 8 heteroatoms. The van der Waals surface area contributed by atoms with Crippen molar-refractivity contribution >= 4 is 11.8 Å². The van der Waals surface area contributed by atoms with Crippen LogP contribution in [0.3, 0.4) is 0 Å². The number of ether oxygens (including phenoxy) is 1. The van der Waals surface area contributed by atoms with Gasteiger partial charge in [-0.1, -0.05) is 42.0 Å². The summed E-state index contributed by atoms with van der Waals surface area (Å²) < 4.78 is 7.82. The van der Waals surface area contributed by atoms with Crippen LogP contribution < -0.4 is 5.32 Å². The smallest absolute Gasteiger partial charge is 0.276 e. The lowest BCUT2D eigenvalue weighted by Crippen LogP contribution is -2.45. The van der Waals surface area contributed by atoms with Gasteiger partial charge >= 0.3 is 0 Å². The van der Waals surface area contributed by atoms with E-state index in [2.05, 4.69) is 53.7 Å². The summed E-state index contributed by atoms with van der Waals surface area (Å²) in [6, 6.07) is 8.44. The van der Waals surface area contributed by atoms with Gasteiger partial charge in [-0.2, -0.15) is 0 Å². The third-order valence-corrected chi connectivity index (χ3v) is 6.40. The van der Waals surface area contributed by atoms with E-state index in [4.69, 9.17) is 4.74 Å². The summed E-state index contributed by atoms with van der Waals surface area (Å²) in [6.07, 6.45) is 2.15. The first-order chi connectivity index (χ1) is 15.0. The first-order valence-corrected chi connectivity index (χ1v) is 11.2. The molecule has 31 heavy (non-hydrogen) atoms. The van der Waals surface area contributed by atoms with E-state index in [1.165, 1.54) is 5.56 Å². The summed E-state index contributed by atoms with van der Waals surface area (Å²) in [6.45, 7) is 8.07. The molecule has 0 bridgehead atoms. The van der Waals surface area contributed by atoms with Crippen LogP contribution in [-0.4, -0.2) is 50.8 Å². The minimum absolute atomic E-state index is 0.0364. The predicted molar refractivity (Wildman–Crippen MR) is 115 cm³/mol. The van der Waals surface area contributed by atoms with E-state index >= 15 is 0 Å². The maximum atomic E-state index is 13.1. The molecule has 0 radical (unpaired) electrons. The minimum Gasteiger partial charge on any atom is -0.365 e. The van der Waals surface area contributed by atoms with Crippen molar-refractivity contribution in [1.29, 1.82) is 0 Å². The lowest BCUT2D eigenvalue weighted by Gasteiger charge is -2.32. The highest BCUT2D eigenvalue weighted by Gasteiger charge is 2.33. The Balaban J connectivity index is 1.37. The van der Waals surface area contributed by atoms with E-state index in [1.807, 2.05) is 6.92 Å². The second kappa shape index (κ2) is 9.18. The van der Waals surface area contributed by atoms with Crippen LogP contribution in [0.2, 0.25) is 0 Å². The molecule has 8 nitrogen and oxygen atoms in total. The number of hydrogen-bond donors (Lipinski definition) is 1. The highest BCUT2D eigenvalue weighted by molar-refractivity contribution is 5.93. The van der Waals surface area contributed by atoms with Crippen molar-refractivity contribution in [2.24, 2.45) is 5.92 Å². The molecule has 2 aliphatic rings. The number of aromatic nitrogens is 3. The number of carbonyl (C=O) groups excluding carboxylic acids is 2. The van der Waals surface area contributed by atoms with E-state index in [-0.39, 0.29) is 29.9 Å². The lowest BCUT2D eigenvalue weighted by molar-refractivity contribution is -0.126. The summed E-state index contributed by atoms with van der Waals surface area (Å²) in [5.74, 6) is -0.0665. The standard InChI is InChI=1S/C23H31N5O3/c1-4-16(3)24-22(29)18-9-11-27(12-10-18)23(30)21-19-14-31-20(13-28(19)26-25-21)17-7-5-15(2)6-8-17/h5-8,16,18,20H,4,9-14H2,1-3H3,(H,24,29)/t16-,20-/m1/s1. The molecule has 0 unspecified atom stereocenters. The molecule has 2 aliphatic heterocycles. The highest BCUT2D eigenvalue weighted by atomic mass is 16.5. The molecule has 3 heterocycles. The number of nitrogens with zero attached hydrogens (tertiary/aromatic N) is 4. The molecule has 1 aromatic heterocycles. The van der Waals surface area contributed by atoms with E-state index < -0.39 is 0 Å². The zero-order valence-corrected chi connectivity index (χ0v) is 18.5. The van der Waals surface area contributed by atoms with E-state index in [9.17, 15) is 9.59 Å². The SMILES string of the molecule is CC[C@@H](C)NC(=O)C1CCN(C(=O)c2nnn3c2CO[C@@H](c2ccc(C)cc2)C3)CC1. The maximum absolute atomic E-state index is 13.1. The van der Waals surface area contributed by atoms with Crippen LogP contribution in [0.15, 0.2) is 24.3 Å². The average Bonchev–Trinajstić information content (AvgIpc) is 3.22. The predicted octanol–water partition coefficient (Wildman–Crippen LogP) is 2.62. The fourth-order valence-corrected chi connectivity index (χ4v) is 4.12. The zero-order chi connectivity index (χ0) is 22.0. The molecule has 0 aliphatic carbocycles. The van der Waals surface area contributed by atoms with Crippen molar-refractivity contribution in [2.45, 2.75) is 65.3 Å². The molecule has 166 valence electrons.